The molecule has 0 heterocycles. The van der Waals surface area contributed by atoms with Gasteiger partial charge in [-0.05, 0) is 13.8 Å². The van der Waals surface area contributed by atoms with E-state index in [1.807, 2.05) is 0 Å². The van der Waals surface area contributed by atoms with Crippen molar-refractivity contribution >= 4 is 53.2 Å². The Balaban J connectivity index is 5.01. The van der Waals surface area contributed by atoms with Gasteiger partial charge < -0.3 is 41.2 Å². The number of esters is 2. The monoisotopic (exact) mass is 509 g/mol. The summed E-state index contributed by atoms with van der Waals surface area (Å²) in [4.78, 5) is 57.9. The van der Waals surface area contributed by atoms with E-state index in [0.29, 0.717) is 0 Å². The largest absolute Gasteiger partial charge is 0.501 e. The van der Waals surface area contributed by atoms with Crippen LogP contribution in [0.2, 0.25) is 0 Å². The van der Waals surface area contributed by atoms with Crippen molar-refractivity contribution in [2.45, 2.75) is 25.9 Å². The second-order valence-corrected chi connectivity index (χ2v) is 7.70. The van der Waals surface area contributed by atoms with E-state index in [-0.39, 0.29) is 24.7 Å². The van der Waals surface area contributed by atoms with E-state index in [1.54, 1.807) is 13.8 Å². The molecule has 13 nitrogen and oxygen atoms in total. The third kappa shape index (κ3) is 13.3. The third-order valence-electron chi connectivity index (χ3n) is 3.28. The molecule has 0 aliphatic carbocycles. The highest BCUT2D eigenvalue weighted by Gasteiger charge is 2.24. The third-order valence-corrected chi connectivity index (χ3v) is 5.14. The number of aliphatic carboxylic acids is 1. The van der Waals surface area contributed by atoms with E-state index in [1.165, 1.54) is 0 Å². The lowest BCUT2D eigenvalue weighted by Crippen LogP contribution is -2.53. The van der Waals surface area contributed by atoms with Crippen molar-refractivity contribution in [3.8, 4) is 0 Å². The second-order valence-electron chi connectivity index (χ2n) is 5.89. The lowest BCUT2D eigenvalue weighted by molar-refractivity contribution is -0.142. The number of rotatable bonds is 15. The summed E-state index contributed by atoms with van der Waals surface area (Å²) >= 11 is 1.65. The molecule has 0 saturated heterocycles. The first-order chi connectivity index (χ1) is 15.5. The van der Waals surface area contributed by atoms with Crippen molar-refractivity contribution in [1.29, 1.82) is 0 Å². The predicted molar refractivity (Wildman–Crippen MR) is 120 cm³/mol. The molecule has 0 aliphatic rings. The molecule has 186 valence electrons. The molecule has 0 saturated carbocycles. The van der Waals surface area contributed by atoms with Crippen LogP contribution in [-0.4, -0.2) is 88.4 Å². The molecule has 15 heteroatoms. The number of nitrogens with one attached hydrogen (secondary N) is 2. The molecule has 0 aromatic carbocycles. The summed E-state index contributed by atoms with van der Waals surface area (Å²) in [6.45, 7) is 2.53. The lowest BCUT2D eigenvalue weighted by Gasteiger charge is -2.19. The molecule has 0 aliphatic heterocycles. The highest BCUT2D eigenvalue weighted by Crippen LogP contribution is 2.11. The molecule has 0 aromatic rings. The molecular weight excluding hydrogens is 482 g/mol. The van der Waals surface area contributed by atoms with E-state index in [9.17, 15) is 34.2 Å². The van der Waals surface area contributed by atoms with Crippen LogP contribution in [0, 0.1) is 0 Å². The first-order valence-electron chi connectivity index (χ1n) is 9.44. The van der Waals surface area contributed by atoms with Gasteiger partial charge in [0.1, 0.15) is 12.6 Å². The molecule has 2 unspecified atom stereocenters. The average molecular weight is 510 g/mol. The number of hydrogen-bond acceptors (Lipinski definition) is 12. The van der Waals surface area contributed by atoms with Crippen LogP contribution in [0.3, 0.4) is 0 Å². The smallest absolute Gasteiger partial charge is 0.373 e. The zero-order valence-corrected chi connectivity index (χ0v) is 19.6. The normalized spacial score (nSPS) is 13.4. The van der Waals surface area contributed by atoms with Crippen LogP contribution in [-0.2, 0) is 33.4 Å². The van der Waals surface area contributed by atoms with E-state index in [2.05, 4.69) is 20.1 Å². The highest BCUT2D eigenvalue weighted by molar-refractivity contribution is 8.02. The summed E-state index contributed by atoms with van der Waals surface area (Å²) in [5.41, 5.74) is 5.75. The maximum atomic E-state index is 12.3. The standard InChI is InChI=1S/C18H27N3O10S2/c1-3-30-17(28)12(22)8-32-6-10(19)15(26)21-11(16(27)20-5-14(24)25)7-33-9-13(23)18(29)31-4-2/h8-11,22-23H,3-7,19H2,1-2H3,(H,20,27)(H,21,26)(H,24,25). The summed E-state index contributed by atoms with van der Waals surface area (Å²) in [5, 5.41) is 34.3. The minimum atomic E-state index is -1.30. The summed E-state index contributed by atoms with van der Waals surface area (Å²) in [6.07, 6.45) is 0. The number of aliphatic hydroxyl groups excluding tert-OH is 2. The van der Waals surface area contributed by atoms with Crippen LogP contribution in [0.1, 0.15) is 13.8 Å². The van der Waals surface area contributed by atoms with Crippen LogP contribution in [0.5, 0.6) is 0 Å². The number of hydrogen-bond donors (Lipinski definition) is 6. The molecule has 0 bridgehead atoms. The van der Waals surface area contributed by atoms with Gasteiger partial charge in [-0.3, -0.25) is 14.4 Å². The van der Waals surface area contributed by atoms with Crippen molar-refractivity contribution in [3.63, 3.8) is 0 Å². The Morgan fingerprint density at radius 2 is 1.36 bits per heavy atom. The van der Waals surface area contributed by atoms with E-state index < -0.39 is 59.9 Å². The minimum absolute atomic E-state index is 0.0420. The molecule has 0 spiro atoms. The first-order valence-corrected chi connectivity index (χ1v) is 11.5. The molecule has 33 heavy (non-hydrogen) atoms. The summed E-state index contributed by atoms with van der Waals surface area (Å²) in [7, 11) is 0. The van der Waals surface area contributed by atoms with Gasteiger partial charge in [-0.25, -0.2) is 9.59 Å². The van der Waals surface area contributed by atoms with Gasteiger partial charge in [0.05, 0.1) is 19.3 Å². The molecule has 0 rings (SSSR count). The van der Waals surface area contributed by atoms with Gasteiger partial charge >= 0.3 is 17.9 Å². The molecule has 0 radical (unpaired) electrons. The Bertz CT molecular complexity index is 773. The SMILES string of the molecule is CCOC(=O)C(O)=CSCC(N)C(=O)NC(CSC=C(O)C(=O)OCC)C(=O)NCC(=O)O. The second kappa shape index (κ2) is 16.7. The fourth-order valence-corrected chi connectivity index (χ4v) is 3.27. The Hall–Kier alpha value is -2.91. The lowest BCUT2D eigenvalue weighted by atomic mass is 10.2. The van der Waals surface area contributed by atoms with Crippen LogP contribution >= 0.6 is 23.5 Å². The van der Waals surface area contributed by atoms with Crippen LogP contribution in [0.4, 0.5) is 0 Å². The minimum Gasteiger partial charge on any atom is -0.501 e. The highest BCUT2D eigenvalue weighted by atomic mass is 32.2. The molecule has 7 N–H and O–H groups in total. The number of thioether (sulfide) groups is 2. The van der Waals surface area contributed by atoms with Crippen LogP contribution < -0.4 is 16.4 Å². The zero-order chi connectivity index (χ0) is 25.4. The van der Waals surface area contributed by atoms with Crippen molar-refractivity contribution in [3.05, 3.63) is 22.3 Å². The molecule has 0 fully saturated rings. The maximum Gasteiger partial charge on any atom is 0.373 e. The predicted octanol–water partition coefficient (Wildman–Crippen LogP) is -0.609. The van der Waals surface area contributed by atoms with E-state index in [4.69, 9.17) is 10.8 Å². The van der Waals surface area contributed by atoms with Gasteiger partial charge in [0, 0.05) is 22.3 Å². The van der Waals surface area contributed by atoms with Gasteiger partial charge in [0.15, 0.2) is 0 Å². The first kappa shape index (κ1) is 30.1. The molecule has 0 aromatic heterocycles. The van der Waals surface area contributed by atoms with Gasteiger partial charge in [-0.2, -0.15) is 0 Å². The van der Waals surface area contributed by atoms with Gasteiger partial charge in [0.25, 0.3) is 0 Å². The Morgan fingerprint density at radius 3 is 1.82 bits per heavy atom. The Kier molecular flexibility index (Phi) is 15.2. The van der Waals surface area contributed by atoms with Crippen LogP contribution in [0.25, 0.3) is 0 Å². The summed E-state index contributed by atoms with van der Waals surface area (Å²) < 4.78 is 9.19. The Morgan fingerprint density at radius 1 is 0.879 bits per heavy atom. The number of carbonyl (C=O) groups excluding carboxylic acids is 4. The van der Waals surface area contributed by atoms with E-state index >= 15 is 0 Å². The Labute approximate surface area is 198 Å². The zero-order valence-electron chi connectivity index (χ0n) is 17.9. The van der Waals surface area contributed by atoms with Gasteiger partial charge in [-0.1, -0.05) is 0 Å². The molecular formula is C18H27N3O10S2. The fraction of sp³-hybridized carbons (Fsp3) is 0.500. The van der Waals surface area contributed by atoms with Crippen molar-refractivity contribution in [2.24, 2.45) is 5.73 Å². The maximum absolute atomic E-state index is 12.3. The number of carboxylic acid groups (broad SMARTS) is 1. The number of amides is 2. The number of carboxylic acids is 1. The number of ether oxygens (including phenoxy) is 2. The fourth-order valence-electron chi connectivity index (χ4n) is 1.78. The number of nitrogens with two attached hydrogens (primary N) is 1. The van der Waals surface area contributed by atoms with Gasteiger partial charge in [0.2, 0.25) is 23.3 Å². The molecule has 2 atom stereocenters. The molecule has 2 amide bonds. The van der Waals surface area contributed by atoms with Crippen molar-refractivity contribution in [1.82, 2.24) is 10.6 Å². The topological polar surface area (TPSA) is 215 Å². The number of carbonyl (C=O) groups is 5. The quantitative estimate of drug-likeness (QED) is 0.0924. The average Bonchev–Trinajstić information content (AvgIpc) is 2.76. The van der Waals surface area contributed by atoms with Gasteiger partial charge in [-0.15, -0.1) is 23.5 Å². The van der Waals surface area contributed by atoms with E-state index in [0.717, 1.165) is 34.3 Å². The number of aliphatic hydroxyl groups is 2. The van der Waals surface area contributed by atoms with Crippen LogP contribution in [0.15, 0.2) is 22.3 Å². The van der Waals surface area contributed by atoms with Crippen molar-refractivity contribution < 1.29 is 48.8 Å². The summed E-state index contributed by atoms with van der Waals surface area (Å²) in [5.74, 6) is -6.44. The summed E-state index contributed by atoms with van der Waals surface area (Å²) in [6, 6.07) is -2.42. The van der Waals surface area contributed by atoms with Crippen molar-refractivity contribution in [2.75, 3.05) is 31.3 Å².